The Labute approximate surface area is 106 Å². The van der Waals surface area contributed by atoms with Crippen LogP contribution >= 0.6 is 11.3 Å². The maximum absolute atomic E-state index is 11.6. The molecule has 2 rings (SSSR count). The van der Waals surface area contributed by atoms with Crippen LogP contribution in [0.4, 0.5) is 5.13 Å². The van der Waals surface area contributed by atoms with E-state index >= 15 is 0 Å². The van der Waals surface area contributed by atoms with Gasteiger partial charge in [-0.15, -0.1) is 11.3 Å². The van der Waals surface area contributed by atoms with Gasteiger partial charge in [0.25, 0.3) is 0 Å². The second-order valence-electron chi connectivity index (χ2n) is 4.37. The molecule has 0 saturated carbocycles. The number of carbonyl (C=O) groups is 1. The fraction of sp³-hybridized carbons (Fsp3) is 0.636. The number of rotatable bonds is 3. The van der Waals surface area contributed by atoms with Crippen molar-refractivity contribution in [3.63, 3.8) is 0 Å². The second-order valence-corrected chi connectivity index (χ2v) is 5.24. The number of likely N-dealkylation sites (N-methyl/N-ethyl adjacent to an activating group) is 1. The average Bonchev–Trinajstić information content (AvgIpc) is 2.83. The van der Waals surface area contributed by atoms with Gasteiger partial charge in [-0.2, -0.15) is 0 Å². The number of hydrogen-bond donors (Lipinski definition) is 0. The molecule has 5 nitrogen and oxygen atoms in total. The van der Waals surface area contributed by atoms with E-state index in [0.29, 0.717) is 6.54 Å². The fourth-order valence-corrected chi connectivity index (χ4v) is 2.50. The highest BCUT2D eigenvalue weighted by Crippen LogP contribution is 2.18. The molecule has 1 saturated heterocycles. The molecule has 0 atom stereocenters. The number of piperazine rings is 1. The third-order valence-electron chi connectivity index (χ3n) is 2.92. The van der Waals surface area contributed by atoms with Crippen molar-refractivity contribution in [2.75, 3.05) is 51.7 Å². The largest absolute Gasteiger partial charge is 0.348 e. The first-order valence-corrected chi connectivity index (χ1v) is 6.62. The summed E-state index contributed by atoms with van der Waals surface area (Å²) in [7, 11) is 3.60. The number of anilines is 1. The summed E-state index contributed by atoms with van der Waals surface area (Å²) in [5, 5.41) is 3.08. The number of thiazole rings is 1. The van der Waals surface area contributed by atoms with E-state index in [0.717, 1.165) is 31.3 Å². The van der Waals surface area contributed by atoms with Crippen molar-refractivity contribution in [2.24, 2.45) is 0 Å². The molecule has 0 N–H and O–H groups in total. The van der Waals surface area contributed by atoms with Crippen molar-refractivity contribution in [1.29, 1.82) is 0 Å². The van der Waals surface area contributed by atoms with Gasteiger partial charge in [-0.3, -0.25) is 9.69 Å². The van der Waals surface area contributed by atoms with Crippen molar-refractivity contribution in [3.8, 4) is 0 Å². The minimum absolute atomic E-state index is 0.174. The lowest BCUT2D eigenvalue weighted by Crippen LogP contribution is -2.49. The van der Waals surface area contributed by atoms with Crippen LogP contribution in [0.3, 0.4) is 0 Å². The molecular weight excluding hydrogens is 236 g/mol. The minimum Gasteiger partial charge on any atom is -0.348 e. The predicted molar refractivity (Wildman–Crippen MR) is 69.5 cm³/mol. The first kappa shape index (κ1) is 12.3. The summed E-state index contributed by atoms with van der Waals surface area (Å²) in [6.45, 7) is 4.29. The van der Waals surface area contributed by atoms with E-state index in [1.807, 2.05) is 11.6 Å². The van der Waals surface area contributed by atoms with Gasteiger partial charge in [-0.05, 0) is 0 Å². The Kier molecular flexibility index (Phi) is 3.96. The first-order valence-electron chi connectivity index (χ1n) is 5.74. The zero-order valence-electron chi connectivity index (χ0n) is 10.3. The second kappa shape index (κ2) is 5.46. The molecule has 0 spiro atoms. The summed E-state index contributed by atoms with van der Waals surface area (Å²) in [4.78, 5) is 22.0. The third kappa shape index (κ3) is 3.17. The van der Waals surface area contributed by atoms with E-state index in [9.17, 15) is 4.79 Å². The summed E-state index contributed by atoms with van der Waals surface area (Å²) < 4.78 is 0. The van der Waals surface area contributed by atoms with Crippen LogP contribution in [0.5, 0.6) is 0 Å². The van der Waals surface area contributed by atoms with Crippen molar-refractivity contribution in [2.45, 2.75) is 0 Å². The molecule has 6 heteroatoms. The van der Waals surface area contributed by atoms with Gasteiger partial charge in [0.1, 0.15) is 0 Å². The molecule has 0 bridgehead atoms. The molecule has 94 valence electrons. The van der Waals surface area contributed by atoms with Crippen LogP contribution in [0.15, 0.2) is 11.6 Å². The lowest BCUT2D eigenvalue weighted by molar-refractivity contribution is -0.129. The lowest BCUT2D eigenvalue weighted by atomic mass is 10.3. The molecule has 1 aromatic heterocycles. The van der Waals surface area contributed by atoms with Crippen LogP contribution in [0.1, 0.15) is 0 Å². The van der Waals surface area contributed by atoms with Crippen molar-refractivity contribution < 1.29 is 4.79 Å². The topological polar surface area (TPSA) is 39.7 Å². The number of hydrogen-bond acceptors (Lipinski definition) is 5. The van der Waals surface area contributed by atoms with Gasteiger partial charge in [-0.25, -0.2) is 4.98 Å². The van der Waals surface area contributed by atoms with Crippen molar-refractivity contribution in [3.05, 3.63) is 11.6 Å². The van der Waals surface area contributed by atoms with Crippen LogP contribution in [-0.4, -0.2) is 67.5 Å². The zero-order chi connectivity index (χ0) is 12.3. The summed E-state index contributed by atoms with van der Waals surface area (Å²) in [6, 6.07) is 0. The van der Waals surface area contributed by atoms with Crippen LogP contribution < -0.4 is 4.90 Å². The van der Waals surface area contributed by atoms with E-state index < -0.39 is 0 Å². The van der Waals surface area contributed by atoms with E-state index in [1.165, 1.54) is 0 Å². The van der Waals surface area contributed by atoms with Gasteiger partial charge in [-0.1, -0.05) is 0 Å². The predicted octanol–water partition coefficient (Wildman–Crippen LogP) is 0.353. The van der Waals surface area contributed by atoms with Crippen LogP contribution in [-0.2, 0) is 4.79 Å². The van der Waals surface area contributed by atoms with Crippen LogP contribution in [0.25, 0.3) is 0 Å². The normalized spacial score (nSPS) is 17.2. The number of aromatic nitrogens is 1. The monoisotopic (exact) mass is 254 g/mol. The molecule has 1 amide bonds. The van der Waals surface area contributed by atoms with Crippen LogP contribution in [0, 0.1) is 0 Å². The maximum Gasteiger partial charge on any atom is 0.236 e. The molecule has 1 aliphatic rings. The standard InChI is InChI=1S/C11H18N4OS/c1-13(2)10(16)9-14-4-6-15(7-5-14)11-12-3-8-17-11/h3,8H,4-7,9H2,1-2H3. The highest BCUT2D eigenvalue weighted by atomic mass is 32.1. The summed E-state index contributed by atoms with van der Waals surface area (Å²) >= 11 is 1.67. The quantitative estimate of drug-likeness (QED) is 0.780. The Morgan fingerprint density at radius 3 is 2.65 bits per heavy atom. The smallest absolute Gasteiger partial charge is 0.236 e. The van der Waals surface area contributed by atoms with Crippen molar-refractivity contribution >= 4 is 22.4 Å². The molecule has 1 aliphatic heterocycles. The summed E-state index contributed by atoms with van der Waals surface area (Å²) in [6.07, 6.45) is 1.84. The Morgan fingerprint density at radius 1 is 1.41 bits per heavy atom. The van der Waals surface area contributed by atoms with Gasteiger partial charge in [0.2, 0.25) is 5.91 Å². The molecule has 0 unspecified atom stereocenters. The number of carbonyl (C=O) groups excluding carboxylic acids is 1. The Morgan fingerprint density at radius 2 is 2.12 bits per heavy atom. The SMILES string of the molecule is CN(C)C(=O)CN1CCN(c2nccs2)CC1. The molecule has 0 radical (unpaired) electrons. The van der Waals surface area contributed by atoms with Gasteiger partial charge in [0, 0.05) is 51.9 Å². The Bertz CT molecular complexity index is 358. The molecule has 1 aromatic rings. The van der Waals surface area contributed by atoms with E-state index in [4.69, 9.17) is 0 Å². The highest BCUT2D eigenvalue weighted by molar-refractivity contribution is 7.13. The van der Waals surface area contributed by atoms with Gasteiger partial charge in [0.15, 0.2) is 5.13 Å². The van der Waals surface area contributed by atoms with E-state index in [1.54, 1.807) is 30.3 Å². The minimum atomic E-state index is 0.174. The third-order valence-corrected chi connectivity index (χ3v) is 3.75. The molecule has 0 aromatic carbocycles. The maximum atomic E-state index is 11.6. The molecular formula is C11H18N4OS. The zero-order valence-corrected chi connectivity index (χ0v) is 11.1. The first-order chi connectivity index (χ1) is 8.16. The fourth-order valence-electron chi connectivity index (χ4n) is 1.80. The number of amides is 1. The lowest BCUT2D eigenvalue weighted by Gasteiger charge is -2.34. The average molecular weight is 254 g/mol. The summed E-state index contributed by atoms with van der Waals surface area (Å²) in [5.74, 6) is 0.174. The molecule has 17 heavy (non-hydrogen) atoms. The number of nitrogens with zero attached hydrogens (tertiary/aromatic N) is 4. The van der Waals surface area contributed by atoms with Crippen LogP contribution in [0.2, 0.25) is 0 Å². The van der Waals surface area contributed by atoms with E-state index in [2.05, 4.69) is 14.8 Å². The summed E-state index contributed by atoms with van der Waals surface area (Å²) in [5.41, 5.74) is 0. The van der Waals surface area contributed by atoms with Gasteiger partial charge in [0.05, 0.1) is 6.54 Å². The van der Waals surface area contributed by atoms with Crippen molar-refractivity contribution in [1.82, 2.24) is 14.8 Å². The highest BCUT2D eigenvalue weighted by Gasteiger charge is 2.20. The van der Waals surface area contributed by atoms with Gasteiger partial charge < -0.3 is 9.80 Å². The molecule has 1 fully saturated rings. The Balaban J connectivity index is 1.80. The molecule has 2 heterocycles. The van der Waals surface area contributed by atoms with E-state index in [-0.39, 0.29) is 5.91 Å². The molecule has 0 aliphatic carbocycles. The van der Waals surface area contributed by atoms with Gasteiger partial charge >= 0.3 is 0 Å². The Hall–Kier alpha value is -1.14.